The number of aliphatic hydroxyl groups excluding tert-OH is 1. The number of aryl methyl sites for hydroxylation is 2. The molecule has 1 aromatic carbocycles. The second-order valence-corrected chi connectivity index (χ2v) is 5.85. The van der Waals surface area contributed by atoms with Crippen LogP contribution in [0, 0.1) is 19.8 Å². The summed E-state index contributed by atoms with van der Waals surface area (Å²) in [5.41, 5.74) is 1.44. The van der Waals surface area contributed by atoms with Crippen LogP contribution in [0.15, 0.2) is 12.1 Å². The number of aliphatic hydroxyl groups is 1. The Balaban J connectivity index is 2.07. The van der Waals surface area contributed by atoms with Gasteiger partial charge in [-0.2, -0.15) is 8.78 Å². The van der Waals surface area contributed by atoms with Crippen molar-refractivity contribution in [1.29, 1.82) is 0 Å². The molecule has 0 saturated heterocycles. The third-order valence-electron chi connectivity index (χ3n) is 4.06. The molecular formula is C16H21F2NO3. The molecule has 4 nitrogen and oxygen atoms in total. The highest BCUT2D eigenvalue weighted by Crippen LogP contribution is 2.28. The maximum Gasteiger partial charge on any atom is 0.387 e. The summed E-state index contributed by atoms with van der Waals surface area (Å²) in [6.07, 6.45) is 2.52. The van der Waals surface area contributed by atoms with Gasteiger partial charge in [0.05, 0.1) is 0 Å². The van der Waals surface area contributed by atoms with Gasteiger partial charge in [-0.25, -0.2) is 0 Å². The van der Waals surface area contributed by atoms with E-state index in [-0.39, 0.29) is 30.2 Å². The summed E-state index contributed by atoms with van der Waals surface area (Å²) in [7, 11) is 0. The van der Waals surface area contributed by atoms with Crippen LogP contribution >= 0.6 is 0 Å². The molecule has 6 heteroatoms. The molecule has 0 spiro atoms. The van der Waals surface area contributed by atoms with Gasteiger partial charge >= 0.3 is 6.61 Å². The fourth-order valence-electron chi connectivity index (χ4n) is 3.00. The van der Waals surface area contributed by atoms with Crippen LogP contribution in [0.1, 0.15) is 40.7 Å². The van der Waals surface area contributed by atoms with E-state index in [1.807, 2.05) is 0 Å². The first-order valence-corrected chi connectivity index (χ1v) is 7.38. The van der Waals surface area contributed by atoms with Crippen molar-refractivity contribution >= 4 is 5.91 Å². The van der Waals surface area contributed by atoms with E-state index in [2.05, 4.69) is 10.1 Å². The van der Waals surface area contributed by atoms with Crippen molar-refractivity contribution in [1.82, 2.24) is 5.32 Å². The normalized spacial score (nSPS) is 21.2. The predicted octanol–water partition coefficient (Wildman–Crippen LogP) is 2.80. The molecule has 1 aromatic rings. The van der Waals surface area contributed by atoms with Gasteiger partial charge in [0.15, 0.2) is 0 Å². The monoisotopic (exact) mass is 313 g/mol. The summed E-state index contributed by atoms with van der Waals surface area (Å²) >= 11 is 0. The average molecular weight is 313 g/mol. The summed E-state index contributed by atoms with van der Waals surface area (Å²) < 4.78 is 29.2. The summed E-state index contributed by atoms with van der Waals surface area (Å²) in [4.78, 5) is 12.3. The minimum Gasteiger partial charge on any atom is -0.434 e. The van der Waals surface area contributed by atoms with E-state index in [9.17, 15) is 13.6 Å². The van der Waals surface area contributed by atoms with Crippen molar-refractivity contribution in [3.8, 4) is 5.75 Å². The first-order valence-electron chi connectivity index (χ1n) is 7.38. The number of rotatable bonds is 5. The Hall–Kier alpha value is -1.69. The standard InChI is InChI=1S/C16H21F2NO3/c1-9-5-12(6-10(2)14(9)22-16(17)18)15(21)19-13-4-3-11(7-13)8-20/h5-6,11,13,16,20H,3-4,7-8H2,1-2H3,(H,19,21)/t11-,13+/m1/s1. The van der Waals surface area contributed by atoms with Crippen molar-refractivity contribution in [2.45, 2.75) is 45.8 Å². The number of carbonyl (C=O) groups is 1. The van der Waals surface area contributed by atoms with Crippen LogP contribution in [0.5, 0.6) is 5.75 Å². The Morgan fingerprint density at radius 3 is 2.50 bits per heavy atom. The van der Waals surface area contributed by atoms with Gasteiger partial charge in [-0.15, -0.1) is 0 Å². The molecule has 22 heavy (non-hydrogen) atoms. The number of benzene rings is 1. The number of amides is 1. The van der Waals surface area contributed by atoms with Gasteiger partial charge in [0, 0.05) is 18.2 Å². The fraction of sp³-hybridized carbons (Fsp3) is 0.562. The Morgan fingerprint density at radius 2 is 2.00 bits per heavy atom. The Morgan fingerprint density at radius 1 is 1.36 bits per heavy atom. The van der Waals surface area contributed by atoms with Crippen molar-refractivity contribution in [2.75, 3.05) is 6.61 Å². The molecule has 1 amide bonds. The number of hydrogen-bond acceptors (Lipinski definition) is 3. The molecule has 1 aliphatic carbocycles. The number of nitrogens with one attached hydrogen (secondary N) is 1. The molecule has 0 unspecified atom stereocenters. The lowest BCUT2D eigenvalue weighted by Crippen LogP contribution is -2.33. The zero-order valence-electron chi connectivity index (χ0n) is 12.7. The molecular weight excluding hydrogens is 292 g/mol. The quantitative estimate of drug-likeness (QED) is 0.879. The lowest BCUT2D eigenvalue weighted by Gasteiger charge is -2.16. The van der Waals surface area contributed by atoms with E-state index in [0.717, 1.165) is 19.3 Å². The minimum absolute atomic E-state index is 0.0576. The molecule has 1 saturated carbocycles. The maximum absolute atomic E-state index is 12.4. The number of ether oxygens (including phenoxy) is 1. The van der Waals surface area contributed by atoms with E-state index in [1.54, 1.807) is 26.0 Å². The molecule has 122 valence electrons. The lowest BCUT2D eigenvalue weighted by atomic mass is 10.0. The summed E-state index contributed by atoms with van der Waals surface area (Å²) in [6, 6.07) is 3.17. The predicted molar refractivity (Wildman–Crippen MR) is 78.2 cm³/mol. The van der Waals surface area contributed by atoms with Crippen LogP contribution in [0.2, 0.25) is 0 Å². The van der Waals surface area contributed by atoms with Crippen LogP contribution in [-0.2, 0) is 0 Å². The maximum atomic E-state index is 12.4. The van der Waals surface area contributed by atoms with E-state index in [1.165, 1.54) is 0 Å². The number of alkyl halides is 2. The van der Waals surface area contributed by atoms with Crippen LogP contribution in [0.25, 0.3) is 0 Å². The van der Waals surface area contributed by atoms with Crippen LogP contribution in [0.3, 0.4) is 0 Å². The fourth-order valence-corrected chi connectivity index (χ4v) is 3.00. The topological polar surface area (TPSA) is 58.6 Å². The van der Waals surface area contributed by atoms with Crippen LogP contribution < -0.4 is 10.1 Å². The molecule has 2 rings (SSSR count). The zero-order chi connectivity index (χ0) is 16.3. The highest BCUT2D eigenvalue weighted by molar-refractivity contribution is 5.95. The first-order chi connectivity index (χ1) is 10.4. The number of halogens is 2. The molecule has 1 fully saturated rings. The van der Waals surface area contributed by atoms with Crippen molar-refractivity contribution in [3.63, 3.8) is 0 Å². The molecule has 0 aromatic heterocycles. The molecule has 0 radical (unpaired) electrons. The minimum atomic E-state index is -2.88. The van der Waals surface area contributed by atoms with Gasteiger partial charge in [-0.1, -0.05) is 0 Å². The Bertz CT molecular complexity index is 525. The molecule has 2 atom stereocenters. The van der Waals surface area contributed by atoms with Gasteiger partial charge in [-0.3, -0.25) is 4.79 Å². The van der Waals surface area contributed by atoms with Gasteiger partial charge in [0.2, 0.25) is 0 Å². The van der Waals surface area contributed by atoms with Crippen LogP contribution in [-0.4, -0.2) is 30.3 Å². The summed E-state index contributed by atoms with van der Waals surface area (Å²) in [5.74, 6) is 0.140. The SMILES string of the molecule is Cc1cc(C(=O)N[C@H]2CC[C@@H](CO)C2)cc(C)c1OC(F)F. The van der Waals surface area contributed by atoms with E-state index < -0.39 is 6.61 Å². The Labute approximate surface area is 128 Å². The van der Waals surface area contributed by atoms with Gasteiger partial charge in [0.1, 0.15) is 5.75 Å². The van der Waals surface area contributed by atoms with Crippen molar-refractivity contribution < 1.29 is 23.4 Å². The van der Waals surface area contributed by atoms with E-state index >= 15 is 0 Å². The van der Waals surface area contributed by atoms with Gasteiger partial charge < -0.3 is 15.2 Å². The molecule has 0 bridgehead atoms. The van der Waals surface area contributed by atoms with Gasteiger partial charge in [-0.05, 0) is 62.3 Å². The molecule has 0 aliphatic heterocycles. The molecule has 2 N–H and O–H groups in total. The van der Waals surface area contributed by atoms with Crippen LogP contribution in [0.4, 0.5) is 8.78 Å². The van der Waals surface area contributed by atoms with E-state index in [4.69, 9.17) is 5.11 Å². The smallest absolute Gasteiger partial charge is 0.387 e. The lowest BCUT2D eigenvalue weighted by molar-refractivity contribution is -0.0507. The number of carbonyl (C=O) groups excluding carboxylic acids is 1. The third-order valence-corrected chi connectivity index (χ3v) is 4.06. The second kappa shape index (κ2) is 7.05. The first kappa shape index (κ1) is 16.7. The van der Waals surface area contributed by atoms with E-state index in [0.29, 0.717) is 16.7 Å². The zero-order valence-corrected chi connectivity index (χ0v) is 12.7. The second-order valence-electron chi connectivity index (χ2n) is 5.85. The number of hydrogen-bond donors (Lipinski definition) is 2. The summed E-state index contributed by atoms with van der Waals surface area (Å²) in [5, 5.41) is 12.1. The Kier molecular flexibility index (Phi) is 5.34. The van der Waals surface area contributed by atoms with Gasteiger partial charge in [0.25, 0.3) is 5.91 Å². The highest BCUT2D eigenvalue weighted by Gasteiger charge is 2.26. The molecule has 0 heterocycles. The third kappa shape index (κ3) is 3.94. The highest BCUT2D eigenvalue weighted by atomic mass is 19.3. The summed E-state index contributed by atoms with van der Waals surface area (Å²) in [6.45, 7) is 0.535. The average Bonchev–Trinajstić information content (AvgIpc) is 2.90. The largest absolute Gasteiger partial charge is 0.434 e. The van der Waals surface area contributed by atoms with Crippen molar-refractivity contribution in [2.24, 2.45) is 5.92 Å². The molecule has 1 aliphatic rings. The van der Waals surface area contributed by atoms with Crippen molar-refractivity contribution in [3.05, 3.63) is 28.8 Å².